The predicted octanol–water partition coefficient (Wildman–Crippen LogP) is 0.120. The van der Waals surface area contributed by atoms with Crippen LogP contribution in [0.2, 0.25) is 0 Å². The molecule has 1 heterocycles. The maximum atomic E-state index is 11.4. The van der Waals surface area contributed by atoms with Crippen LogP contribution in [0.1, 0.15) is 12.7 Å². The van der Waals surface area contributed by atoms with Crippen molar-refractivity contribution in [2.45, 2.75) is 25.4 Å². The number of imidazole rings is 1. The molecule has 5 nitrogen and oxygen atoms in total. The van der Waals surface area contributed by atoms with E-state index in [4.69, 9.17) is 0 Å². The maximum absolute atomic E-state index is 11.4. The van der Waals surface area contributed by atoms with E-state index in [0.717, 1.165) is 0 Å². The SMILES string of the molecule is CCn1c(S(=O)(=O)NC)cnc1C. The maximum Gasteiger partial charge on any atom is 0.257 e. The first-order valence-electron chi connectivity index (χ1n) is 3.98. The lowest BCUT2D eigenvalue weighted by Crippen LogP contribution is -2.22. The van der Waals surface area contributed by atoms with E-state index in [-0.39, 0.29) is 5.03 Å². The Labute approximate surface area is 77.8 Å². The number of rotatable bonds is 3. The van der Waals surface area contributed by atoms with Gasteiger partial charge < -0.3 is 4.57 Å². The highest BCUT2D eigenvalue weighted by Gasteiger charge is 2.17. The normalized spacial score (nSPS) is 11.9. The summed E-state index contributed by atoms with van der Waals surface area (Å²) >= 11 is 0. The van der Waals surface area contributed by atoms with E-state index in [1.54, 1.807) is 11.5 Å². The van der Waals surface area contributed by atoms with Crippen molar-refractivity contribution in [1.82, 2.24) is 14.3 Å². The van der Waals surface area contributed by atoms with Gasteiger partial charge in [-0.2, -0.15) is 0 Å². The third kappa shape index (κ3) is 1.73. The molecule has 74 valence electrons. The van der Waals surface area contributed by atoms with Gasteiger partial charge in [0.2, 0.25) is 0 Å². The summed E-state index contributed by atoms with van der Waals surface area (Å²) in [7, 11) is -1.98. The van der Waals surface area contributed by atoms with Crippen molar-refractivity contribution in [2.24, 2.45) is 0 Å². The Balaban J connectivity index is 3.31. The molecule has 0 unspecified atom stereocenters. The first-order valence-corrected chi connectivity index (χ1v) is 5.47. The van der Waals surface area contributed by atoms with Crippen LogP contribution in [0.15, 0.2) is 11.2 Å². The average molecular weight is 203 g/mol. The summed E-state index contributed by atoms with van der Waals surface area (Å²) in [6, 6.07) is 0. The number of hydrogen-bond donors (Lipinski definition) is 1. The number of sulfonamides is 1. The molecule has 0 atom stereocenters. The molecule has 0 spiro atoms. The molecule has 1 N–H and O–H groups in total. The highest BCUT2D eigenvalue weighted by atomic mass is 32.2. The van der Waals surface area contributed by atoms with Gasteiger partial charge in [-0.15, -0.1) is 0 Å². The molecule has 1 aromatic heterocycles. The summed E-state index contributed by atoms with van der Waals surface area (Å²) in [5.74, 6) is 0.705. The Kier molecular flexibility index (Phi) is 2.72. The van der Waals surface area contributed by atoms with Gasteiger partial charge in [0.1, 0.15) is 5.82 Å². The van der Waals surface area contributed by atoms with Crippen LogP contribution in [0, 0.1) is 6.92 Å². The molecule has 13 heavy (non-hydrogen) atoms. The van der Waals surface area contributed by atoms with Crippen LogP contribution >= 0.6 is 0 Å². The second-order valence-corrected chi connectivity index (χ2v) is 4.43. The van der Waals surface area contributed by atoms with Crippen LogP contribution in [0.4, 0.5) is 0 Å². The molecule has 0 aliphatic rings. The third-order valence-electron chi connectivity index (χ3n) is 1.88. The van der Waals surface area contributed by atoms with Crippen molar-refractivity contribution in [3.05, 3.63) is 12.0 Å². The molecular formula is C7H13N3O2S. The fraction of sp³-hybridized carbons (Fsp3) is 0.571. The largest absolute Gasteiger partial charge is 0.319 e. The Morgan fingerprint density at radius 3 is 2.69 bits per heavy atom. The molecule has 0 bridgehead atoms. The van der Waals surface area contributed by atoms with Crippen LogP contribution in [0.25, 0.3) is 0 Å². The lowest BCUT2D eigenvalue weighted by Gasteiger charge is -2.06. The number of aryl methyl sites for hydroxylation is 1. The predicted molar refractivity (Wildman–Crippen MR) is 48.9 cm³/mol. The van der Waals surface area contributed by atoms with E-state index >= 15 is 0 Å². The number of aromatic nitrogens is 2. The fourth-order valence-corrected chi connectivity index (χ4v) is 2.10. The van der Waals surface area contributed by atoms with Crippen molar-refractivity contribution in [2.75, 3.05) is 7.05 Å². The minimum Gasteiger partial charge on any atom is -0.319 e. The Morgan fingerprint density at radius 1 is 1.62 bits per heavy atom. The third-order valence-corrected chi connectivity index (χ3v) is 3.29. The first kappa shape index (κ1) is 10.2. The smallest absolute Gasteiger partial charge is 0.257 e. The Morgan fingerprint density at radius 2 is 2.23 bits per heavy atom. The monoisotopic (exact) mass is 203 g/mol. The zero-order valence-electron chi connectivity index (χ0n) is 7.90. The zero-order valence-corrected chi connectivity index (χ0v) is 8.72. The number of nitrogens with one attached hydrogen (secondary N) is 1. The number of hydrogen-bond acceptors (Lipinski definition) is 3. The minimum atomic E-state index is -3.37. The van der Waals surface area contributed by atoms with Gasteiger partial charge in [-0.1, -0.05) is 0 Å². The molecule has 1 aromatic rings. The summed E-state index contributed by atoms with van der Waals surface area (Å²) in [5.41, 5.74) is 0. The summed E-state index contributed by atoms with van der Waals surface area (Å²) in [5, 5.41) is 0.218. The fourth-order valence-electron chi connectivity index (χ4n) is 1.15. The van der Waals surface area contributed by atoms with Crippen LogP contribution in [-0.4, -0.2) is 25.0 Å². The molecule has 0 aliphatic heterocycles. The second kappa shape index (κ2) is 3.47. The van der Waals surface area contributed by atoms with Crippen molar-refractivity contribution in [1.29, 1.82) is 0 Å². The zero-order chi connectivity index (χ0) is 10.1. The average Bonchev–Trinajstić information content (AvgIpc) is 2.47. The van der Waals surface area contributed by atoms with Crippen LogP contribution in [0.3, 0.4) is 0 Å². The highest BCUT2D eigenvalue weighted by molar-refractivity contribution is 7.89. The lowest BCUT2D eigenvalue weighted by molar-refractivity contribution is 0.567. The quantitative estimate of drug-likeness (QED) is 0.759. The highest BCUT2D eigenvalue weighted by Crippen LogP contribution is 2.10. The molecule has 0 fully saturated rings. The standard InChI is InChI=1S/C7H13N3O2S/c1-4-10-6(2)9-5-7(10)13(11,12)8-3/h5,8H,4H2,1-3H3. The topological polar surface area (TPSA) is 64.0 Å². The van der Waals surface area contributed by atoms with E-state index in [1.807, 2.05) is 6.92 Å². The second-order valence-electron chi connectivity index (χ2n) is 2.60. The van der Waals surface area contributed by atoms with Gasteiger partial charge in [-0.25, -0.2) is 18.1 Å². The van der Waals surface area contributed by atoms with Gasteiger partial charge in [-0.05, 0) is 20.9 Å². The van der Waals surface area contributed by atoms with Gasteiger partial charge in [0, 0.05) is 6.54 Å². The van der Waals surface area contributed by atoms with Crippen molar-refractivity contribution < 1.29 is 8.42 Å². The van der Waals surface area contributed by atoms with Gasteiger partial charge >= 0.3 is 0 Å². The van der Waals surface area contributed by atoms with Crippen LogP contribution in [-0.2, 0) is 16.6 Å². The molecule has 0 aliphatic carbocycles. The first-order chi connectivity index (χ1) is 6.03. The van der Waals surface area contributed by atoms with E-state index in [1.165, 1.54) is 13.2 Å². The van der Waals surface area contributed by atoms with E-state index in [0.29, 0.717) is 12.4 Å². The van der Waals surface area contributed by atoms with Crippen molar-refractivity contribution >= 4 is 10.0 Å². The summed E-state index contributed by atoms with van der Waals surface area (Å²) < 4.78 is 26.7. The van der Waals surface area contributed by atoms with Crippen molar-refractivity contribution in [3.8, 4) is 0 Å². The molecular weight excluding hydrogens is 190 g/mol. The van der Waals surface area contributed by atoms with Gasteiger partial charge in [0.25, 0.3) is 10.0 Å². The summed E-state index contributed by atoms with van der Waals surface area (Å²) in [6.07, 6.45) is 1.37. The van der Waals surface area contributed by atoms with Gasteiger partial charge in [0.15, 0.2) is 5.03 Å². The summed E-state index contributed by atoms with van der Waals surface area (Å²) in [6.45, 7) is 4.25. The molecule has 0 aromatic carbocycles. The Bertz CT molecular complexity index is 394. The Hall–Kier alpha value is -0.880. The molecule has 0 radical (unpaired) electrons. The molecule has 0 amide bonds. The lowest BCUT2D eigenvalue weighted by atomic mass is 10.6. The minimum absolute atomic E-state index is 0.218. The molecule has 0 saturated carbocycles. The van der Waals surface area contributed by atoms with Crippen LogP contribution in [0.5, 0.6) is 0 Å². The van der Waals surface area contributed by atoms with E-state index < -0.39 is 10.0 Å². The van der Waals surface area contributed by atoms with E-state index in [9.17, 15) is 8.42 Å². The van der Waals surface area contributed by atoms with Crippen LogP contribution < -0.4 is 4.72 Å². The molecule has 1 rings (SSSR count). The van der Waals surface area contributed by atoms with Crippen molar-refractivity contribution in [3.63, 3.8) is 0 Å². The van der Waals surface area contributed by atoms with E-state index in [2.05, 4.69) is 9.71 Å². The molecule has 0 saturated heterocycles. The van der Waals surface area contributed by atoms with Gasteiger partial charge in [-0.3, -0.25) is 0 Å². The number of nitrogens with zero attached hydrogens (tertiary/aromatic N) is 2. The van der Waals surface area contributed by atoms with Gasteiger partial charge in [0.05, 0.1) is 6.20 Å². The summed E-state index contributed by atoms with van der Waals surface area (Å²) in [4.78, 5) is 3.95. The molecule has 6 heteroatoms.